The lowest BCUT2D eigenvalue weighted by Gasteiger charge is -2.37. The third-order valence-electron chi connectivity index (χ3n) is 5.13. The number of rotatable bonds is 3. The molecule has 1 amide bonds. The number of aliphatic hydroxyl groups is 1. The topological polar surface area (TPSA) is 53.7 Å². The summed E-state index contributed by atoms with van der Waals surface area (Å²) >= 11 is 0. The zero-order chi connectivity index (χ0) is 14.8. The molecule has 0 radical (unpaired) electrons. The number of aryl methyl sites for hydroxylation is 1. The molecule has 21 heavy (non-hydrogen) atoms. The summed E-state index contributed by atoms with van der Waals surface area (Å²) in [5.41, 5.74) is 0.703. The van der Waals surface area contributed by atoms with Gasteiger partial charge in [-0.2, -0.15) is 0 Å². The highest BCUT2D eigenvalue weighted by molar-refractivity contribution is 5.95. The summed E-state index contributed by atoms with van der Waals surface area (Å²) < 4.78 is 5.40. The second kappa shape index (κ2) is 6.22. The van der Waals surface area contributed by atoms with E-state index in [1.807, 2.05) is 11.8 Å². The number of furan rings is 1. The van der Waals surface area contributed by atoms with Gasteiger partial charge in [0, 0.05) is 24.9 Å². The Morgan fingerprint density at radius 3 is 2.90 bits per heavy atom. The van der Waals surface area contributed by atoms with Crippen molar-refractivity contribution in [2.75, 3.05) is 6.54 Å². The first-order valence-electron chi connectivity index (χ1n) is 8.27. The van der Waals surface area contributed by atoms with Crippen LogP contribution in [0.5, 0.6) is 0 Å². The first-order chi connectivity index (χ1) is 10.2. The summed E-state index contributed by atoms with van der Waals surface area (Å²) in [5, 5.41) is 10.3. The number of hydrogen-bond donors (Lipinski definition) is 1. The number of aliphatic hydroxyl groups excluding tert-OH is 1. The molecule has 1 aromatic rings. The van der Waals surface area contributed by atoms with Crippen LogP contribution < -0.4 is 0 Å². The molecule has 1 aliphatic heterocycles. The molecule has 2 aliphatic rings. The fourth-order valence-corrected chi connectivity index (χ4v) is 4.04. The van der Waals surface area contributed by atoms with Gasteiger partial charge in [-0.3, -0.25) is 4.79 Å². The molecule has 1 saturated heterocycles. The molecule has 0 unspecified atom stereocenters. The normalized spacial score (nSPS) is 29.8. The molecule has 4 heteroatoms. The van der Waals surface area contributed by atoms with Crippen molar-refractivity contribution in [3.63, 3.8) is 0 Å². The Morgan fingerprint density at radius 2 is 2.14 bits per heavy atom. The van der Waals surface area contributed by atoms with Crippen molar-refractivity contribution in [1.82, 2.24) is 4.90 Å². The van der Waals surface area contributed by atoms with Gasteiger partial charge in [-0.25, -0.2) is 0 Å². The summed E-state index contributed by atoms with van der Waals surface area (Å²) in [6, 6.07) is 1.99. The Kier molecular flexibility index (Phi) is 4.34. The van der Waals surface area contributed by atoms with Crippen molar-refractivity contribution < 1.29 is 14.3 Å². The van der Waals surface area contributed by atoms with Gasteiger partial charge in [-0.05, 0) is 31.7 Å². The summed E-state index contributed by atoms with van der Waals surface area (Å²) in [7, 11) is 0. The third kappa shape index (κ3) is 2.73. The van der Waals surface area contributed by atoms with E-state index in [0.29, 0.717) is 5.56 Å². The zero-order valence-electron chi connectivity index (χ0n) is 12.8. The van der Waals surface area contributed by atoms with Gasteiger partial charge in [-0.1, -0.05) is 19.8 Å². The number of carbonyl (C=O) groups is 1. The van der Waals surface area contributed by atoms with E-state index in [9.17, 15) is 9.90 Å². The van der Waals surface area contributed by atoms with Crippen LogP contribution in [-0.2, 0) is 6.42 Å². The quantitative estimate of drug-likeness (QED) is 0.931. The second-order valence-corrected chi connectivity index (χ2v) is 6.33. The van der Waals surface area contributed by atoms with E-state index in [0.717, 1.165) is 50.8 Å². The number of nitrogens with zero attached hydrogens (tertiary/aromatic N) is 1. The monoisotopic (exact) mass is 291 g/mol. The van der Waals surface area contributed by atoms with Gasteiger partial charge in [-0.15, -0.1) is 0 Å². The highest BCUT2D eigenvalue weighted by atomic mass is 16.3. The standard InChI is InChI=1S/C17H25NO3/c1-2-16-13(9-11-21-16)17(20)18-10-5-7-14(18)12-6-3-4-8-15(12)19/h9,11-12,14-15,19H,2-8,10H2,1H3/t12-,14-,15+/m1/s1. The zero-order valence-corrected chi connectivity index (χ0v) is 12.8. The maximum Gasteiger partial charge on any atom is 0.257 e. The molecule has 0 spiro atoms. The molecule has 0 aromatic carbocycles. The molecule has 2 heterocycles. The highest BCUT2D eigenvalue weighted by Crippen LogP contribution is 2.35. The van der Waals surface area contributed by atoms with Crippen LogP contribution in [-0.4, -0.2) is 34.6 Å². The van der Waals surface area contributed by atoms with Crippen LogP contribution >= 0.6 is 0 Å². The van der Waals surface area contributed by atoms with Crippen LogP contribution in [0, 0.1) is 5.92 Å². The molecular weight excluding hydrogens is 266 g/mol. The van der Waals surface area contributed by atoms with Crippen LogP contribution in [0.2, 0.25) is 0 Å². The fraction of sp³-hybridized carbons (Fsp3) is 0.706. The Morgan fingerprint density at radius 1 is 1.33 bits per heavy atom. The van der Waals surface area contributed by atoms with Gasteiger partial charge >= 0.3 is 0 Å². The minimum atomic E-state index is -0.243. The minimum Gasteiger partial charge on any atom is -0.469 e. The number of carbonyl (C=O) groups excluding carboxylic acids is 1. The lowest BCUT2D eigenvalue weighted by Crippen LogP contribution is -2.45. The molecule has 1 aromatic heterocycles. The summed E-state index contributed by atoms with van der Waals surface area (Å²) in [6.45, 7) is 2.81. The van der Waals surface area contributed by atoms with Crippen LogP contribution in [0.3, 0.4) is 0 Å². The molecule has 2 fully saturated rings. The Labute approximate surface area is 126 Å². The SMILES string of the molecule is CCc1occc1C(=O)N1CCC[C@@H]1[C@H]1CCCC[C@@H]1O. The predicted molar refractivity (Wildman–Crippen MR) is 80.1 cm³/mol. The van der Waals surface area contributed by atoms with E-state index in [1.165, 1.54) is 6.42 Å². The van der Waals surface area contributed by atoms with Crippen LogP contribution in [0.1, 0.15) is 61.6 Å². The van der Waals surface area contributed by atoms with Crippen molar-refractivity contribution >= 4 is 5.91 Å². The van der Waals surface area contributed by atoms with Crippen molar-refractivity contribution in [3.05, 3.63) is 23.7 Å². The van der Waals surface area contributed by atoms with Gasteiger partial charge in [0.05, 0.1) is 17.9 Å². The van der Waals surface area contributed by atoms with Gasteiger partial charge < -0.3 is 14.4 Å². The Bertz CT molecular complexity index is 496. The maximum absolute atomic E-state index is 12.8. The second-order valence-electron chi connectivity index (χ2n) is 6.33. The Hall–Kier alpha value is -1.29. The number of amides is 1. The van der Waals surface area contributed by atoms with Crippen LogP contribution in [0.25, 0.3) is 0 Å². The van der Waals surface area contributed by atoms with E-state index >= 15 is 0 Å². The molecule has 4 nitrogen and oxygen atoms in total. The first-order valence-corrected chi connectivity index (χ1v) is 8.27. The van der Waals surface area contributed by atoms with Crippen LogP contribution in [0.15, 0.2) is 16.7 Å². The summed E-state index contributed by atoms with van der Waals surface area (Å²) in [6.07, 6.45) is 8.37. The molecule has 1 aliphatic carbocycles. The fourth-order valence-electron chi connectivity index (χ4n) is 4.04. The average molecular weight is 291 g/mol. The third-order valence-corrected chi connectivity index (χ3v) is 5.13. The summed E-state index contributed by atoms with van der Waals surface area (Å²) in [5.74, 6) is 1.11. The van der Waals surface area contributed by atoms with Crippen LogP contribution in [0.4, 0.5) is 0 Å². The molecule has 3 rings (SSSR count). The van der Waals surface area contributed by atoms with Gasteiger partial charge in [0.1, 0.15) is 5.76 Å². The van der Waals surface area contributed by atoms with E-state index in [2.05, 4.69) is 0 Å². The molecule has 1 saturated carbocycles. The maximum atomic E-state index is 12.8. The predicted octanol–water partition coefficient (Wildman–Crippen LogP) is 3.00. The lowest BCUT2D eigenvalue weighted by atomic mass is 9.80. The lowest BCUT2D eigenvalue weighted by molar-refractivity contribution is 0.0211. The molecular formula is C17H25NO3. The number of hydrogen-bond acceptors (Lipinski definition) is 3. The molecule has 3 atom stereocenters. The average Bonchev–Trinajstić information content (AvgIpc) is 3.16. The first kappa shape index (κ1) is 14.6. The minimum absolute atomic E-state index is 0.0841. The van der Waals surface area contributed by atoms with Gasteiger partial charge in [0.2, 0.25) is 0 Å². The Balaban J connectivity index is 1.78. The van der Waals surface area contributed by atoms with E-state index in [1.54, 1.807) is 12.3 Å². The smallest absolute Gasteiger partial charge is 0.257 e. The van der Waals surface area contributed by atoms with E-state index in [-0.39, 0.29) is 24.0 Å². The van der Waals surface area contributed by atoms with Crippen molar-refractivity contribution in [3.8, 4) is 0 Å². The summed E-state index contributed by atoms with van der Waals surface area (Å²) in [4.78, 5) is 14.8. The van der Waals surface area contributed by atoms with Gasteiger partial charge in [0.15, 0.2) is 0 Å². The molecule has 116 valence electrons. The molecule has 0 bridgehead atoms. The van der Waals surface area contributed by atoms with Crippen molar-refractivity contribution in [1.29, 1.82) is 0 Å². The van der Waals surface area contributed by atoms with Crippen molar-refractivity contribution in [2.24, 2.45) is 5.92 Å². The number of likely N-dealkylation sites (tertiary alicyclic amines) is 1. The van der Waals surface area contributed by atoms with Gasteiger partial charge in [0.25, 0.3) is 5.91 Å². The van der Waals surface area contributed by atoms with Crippen molar-refractivity contribution in [2.45, 2.75) is 64.0 Å². The molecule has 1 N–H and O–H groups in total. The van der Waals surface area contributed by atoms with E-state index < -0.39 is 0 Å². The van der Waals surface area contributed by atoms with E-state index in [4.69, 9.17) is 4.42 Å². The largest absolute Gasteiger partial charge is 0.469 e. The highest BCUT2D eigenvalue weighted by Gasteiger charge is 2.39.